The van der Waals surface area contributed by atoms with Crippen LogP contribution in [0.25, 0.3) is 0 Å². The fraction of sp³-hybridized carbons (Fsp3) is 0.467. The van der Waals surface area contributed by atoms with Crippen LogP contribution in [0.3, 0.4) is 0 Å². The van der Waals surface area contributed by atoms with Gasteiger partial charge in [0.05, 0.1) is 11.7 Å². The normalized spacial score (nSPS) is 18.2. The maximum atomic E-state index is 11.7. The molecule has 1 atom stereocenters. The molecule has 6 heteroatoms. The smallest absolute Gasteiger partial charge is 0.251 e. The zero-order valence-electron chi connectivity index (χ0n) is 12.6. The van der Waals surface area contributed by atoms with Crippen LogP contribution in [-0.4, -0.2) is 26.5 Å². The summed E-state index contributed by atoms with van der Waals surface area (Å²) in [5.41, 5.74) is 2.61. The summed E-state index contributed by atoms with van der Waals surface area (Å²) >= 11 is 0. The van der Waals surface area contributed by atoms with Gasteiger partial charge in [0.25, 0.3) is 5.56 Å². The van der Waals surface area contributed by atoms with Gasteiger partial charge in [-0.25, -0.2) is 15.0 Å². The number of rotatable bonds is 2. The van der Waals surface area contributed by atoms with Crippen LogP contribution in [0.5, 0.6) is 0 Å². The van der Waals surface area contributed by atoms with Crippen LogP contribution in [0.4, 0.5) is 5.95 Å². The fourth-order valence-corrected chi connectivity index (χ4v) is 2.92. The Morgan fingerprint density at radius 1 is 1.14 bits per heavy atom. The van der Waals surface area contributed by atoms with Crippen LogP contribution >= 0.6 is 0 Å². The Balaban J connectivity index is 2.00. The van der Waals surface area contributed by atoms with E-state index >= 15 is 0 Å². The molecule has 1 fully saturated rings. The van der Waals surface area contributed by atoms with Crippen LogP contribution in [-0.2, 0) is 0 Å². The van der Waals surface area contributed by atoms with Gasteiger partial charge in [0.2, 0.25) is 5.95 Å². The molecule has 3 rings (SSSR count). The molecule has 2 aromatic rings. The van der Waals surface area contributed by atoms with Crippen LogP contribution < -0.4 is 10.5 Å². The highest BCUT2D eigenvalue weighted by Crippen LogP contribution is 2.33. The first-order valence-corrected chi connectivity index (χ1v) is 7.20. The van der Waals surface area contributed by atoms with Crippen molar-refractivity contribution in [3.05, 3.63) is 45.4 Å². The maximum absolute atomic E-state index is 11.7. The lowest BCUT2D eigenvalue weighted by Gasteiger charge is -2.24. The fourth-order valence-electron chi connectivity index (χ4n) is 2.92. The number of aryl methyl sites for hydroxylation is 3. The molecule has 21 heavy (non-hydrogen) atoms. The van der Waals surface area contributed by atoms with Crippen molar-refractivity contribution in [2.24, 2.45) is 0 Å². The van der Waals surface area contributed by atoms with Gasteiger partial charge in [0.1, 0.15) is 5.82 Å². The molecule has 0 amide bonds. The van der Waals surface area contributed by atoms with Crippen molar-refractivity contribution >= 4 is 5.95 Å². The number of aromatic amines is 1. The topological polar surface area (TPSA) is 74.8 Å². The Bertz CT molecular complexity index is 704. The molecule has 6 nitrogen and oxygen atoms in total. The Morgan fingerprint density at radius 2 is 1.86 bits per heavy atom. The molecule has 1 aliphatic heterocycles. The van der Waals surface area contributed by atoms with Crippen molar-refractivity contribution in [2.75, 3.05) is 11.4 Å². The van der Waals surface area contributed by atoms with E-state index in [-0.39, 0.29) is 11.6 Å². The van der Waals surface area contributed by atoms with Gasteiger partial charge in [-0.15, -0.1) is 0 Å². The minimum absolute atomic E-state index is 0.0761. The van der Waals surface area contributed by atoms with Crippen molar-refractivity contribution in [3.63, 3.8) is 0 Å². The molecule has 0 bridgehead atoms. The molecule has 0 saturated carbocycles. The van der Waals surface area contributed by atoms with E-state index in [1.54, 1.807) is 13.0 Å². The highest BCUT2D eigenvalue weighted by atomic mass is 16.1. The number of H-pyrrole nitrogens is 1. The van der Waals surface area contributed by atoms with Crippen molar-refractivity contribution in [3.8, 4) is 0 Å². The summed E-state index contributed by atoms with van der Waals surface area (Å²) in [6, 6.07) is 3.62. The molecule has 0 aromatic carbocycles. The molecule has 3 heterocycles. The maximum Gasteiger partial charge on any atom is 0.251 e. The first-order valence-electron chi connectivity index (χ1n) is 7.20. The van der Waals surface area contributed by atoms with E-state index < -0.39 is 0 Å². The molecule has 1 N–H and O–H groups in total. The van der Waals surface area contributed by atoms with Crippen molar-refractivity contribution in [1.82, 2.24) is 19.9 Å². The van der Waals surface area contributed by atoms with Crippen LogP contribution in [0, 0.1) is 20.8 Å². The predicted octanol–water partition coefficient (Wildman–Crippen LogP) is 1.83. The second-order valence-electron chi connectivity index (χ2n) is 5.56. The lowest BCUT2D eigenvalue weighted by Crippen LogP contribution is -2.27. The molecule has 1 aliphatic rings. The highest BCUT2D eigenvalue weighted by Gasteiger charge is 2.29. The average Bonchev–Trinajstić information content (AvgIpc) is 2.85. The third-order valence-electron chi connectivity index (χ3n) is 3.70. The van der Waals surface area contributed by atoms with Gasteiger partial charge < -0.3 is 9.88 Å². The number of hydrogen-bond acceptors (Lipinski definition) is 5. The first kappa shape index (κ1) is 13.7. The van der Waals surface area contributed by atoms with Crippen molar-refractivity contribution in [1.29, 1.82) is 0 Å². The minimum atomic E-state index is -0.106. The molecule has 0 spiro atoms. The van der Waals surface area contributed by atoms with Gasteiger partial charge in [0, 0.05) is 24.0 Å². The van der Waals surface area contributed by atoms with Gasteiger partial charge in [-0.3, -0.25) is 4.79 Å². The lowest BCUT2D eigenvalue weighted by atomic mass is 10.1. The summed E-state index contributed by atoms with van der Waals surface area (Å²) in [6.45, 7) is 6.64. The van der Waals surface area contributed by atoms with Gasteiger partial charge in [0.15, 0.2) is 0 Å². The molecule has 0 radical (unpaired) electrons. The van der Waals surface area contributed by atoms with E-state index in [0.717, 1.165) is 42.4 Å². The average molecular weight is 285 g/mol. The second kappa shape index (κ2) is 5.27. The Hall–Kier alpha value is -2.24. The third-order valence-corrected chi connectivity index (χ3v) is 3.70. The van der Waals surface area contributed by atoms with Gasteiger partial charge in [-0.1, -0.05) is 0 Å². The summed E-state index contributed by atoms with van der Waals surface area (Å²) in [4.78, 5) is 30.1. The quantitative estimate of drug-likeness (QED) is 0.911. The molecular formula is C15H19N5O. The van der Waals surface area contributed by atoms with Gasteiger partial charge in [-0.05, 0) is 39.7 Å². The van der Waals surface area contributed by atoms with Gasteiger partial charge in [-0.2, -0.15) is 0 Å². The zero-order chi connectivity index (χ0) is 15.0. The molecular weight excluding hydrogens is 266 g/mol. The van der Waals surface area contributed by atoms with E-state index in [2.05, 4.69) is 24.8 Å². The summed E-state index contributed by atoms with van der Waals surface area (Å²) < 4.78 is 0. The number of aromatic nitrogens is 4. The Kier molecular flexibility index (Phi) is 3.45. The third kappa shape index (κ3) is 2.79. The molecule has 2 aromatic heterocycles. The van der Waals surface area contributed by atoms with Crippen LogP contribution in [0.15, 0.2) is 16.9 Å². The molecule has 1 saturated heterocycles. The Labute approximate surface area is 123 Å². The minimum Gasteiger partial charge on any atom is -0.332 e. The zero-order valence-corrected chi connectivity index (χ0v) is 12.6. The predicted molar refractivity (Wildman–Crippen MR) is 80.4 cm³/mol. The number of nitrogens with zero attached hydrogens (tertiary/aromatic N) is 4. The SMILES string of the molecule is Cc1cc(C)nc(N2CCC[C@H]2c2cc(=O)[nH]c(C)n2)n1. The van der Waals surface area contributed by atoms with E-state index in [4.69, 9.17) is 0 Å². The van der Waals surface area contributed by atoms with Crippen LogP contribution in [0.2, 0.25) is 0 Å². The van der Waals surface area contributed by atoms with Crippen molar-refractivity contribution < 1.29 is 0 Å². The second-order valence-corrected chi connectivity index (χ2v) is 5.56. The largest absolute Gasteiger partial charge is 0.332 e. The summed E-state index contributed by atoms with van der Waals surface area (Å²) in [5.74, 6) is 1.38. The summed E-state index contributed by atoms with van der Waals surface area (Å²) in [5, 5.41) is 0. The van der Waals surface area contributed by atoms with E-state index in [0.29, 0.717) is 5.82 Å². The summed E-state index contributed by atoms with van der Waals surface area (Å²) in [7, 11) is 0. The van der Waals surface area contributed by atoms with Crippen molar-refractivity contribution in [2.45, 2.75) is 39.7 Å². The standard InChI is InChI=1S/C15H19N5O/c1-9-7-10(2)17-15(16-9)20-6-4-5-13(20)12-8-14(21)19-11(3)18-12/h7-8,13H,4-6H2,1-3H3,(H,18,19,21)/t13-/m0/s1. The monoisotopic (exact) mass is 285 g/mol. The number of anilines is 1. The molecule has 0 unspecified atom stereocenters. The number of hydrogen-bond donors (Lipinski definition) is 1. The Morgan fingerprint density at radius 3 is 2.52 bits per heavy atom. The van der Waals surface area contributed by atoms with E-state index in [1.165, 1.54) is 0 Å². The van der Waals surface area contributed by atoms with Gasteiger partial charge >= 0.3 is 0 Å². The number of nitrogens with one attached hydrogen (secondary N) is 1. The lowest BCUT2D eigenvalue weighted by molar-refractivity contribution is 0.668. The highest BCUT2D eigenvalue weighted by molar-refractivity contribution is 5.37. The molecule has 0 aliphatic carbocycles. The molecule has 110 valence electrons. The summed E-state index contributed by atoms with van der Waals surface area (Å²) in [6.07, 6.45) is 2.01. The van der Waals surface area contributed by atoms with Crippen LogP contribution in [0.1, 0.15) is 41.8 Å². The van der Waals surface area contributed by atoms with E-state index in [9.17, 15) is 4.79 Å². The first-order chi connectivity index (χ1) is 10.0. The van der Waals surface area contributed by atoms with E-state index in [1.807, 2.05) is 19.9 Å².